The Kier molecular flexibility index (Phi) is 4.23. The van der Waals surface area contributed by atoms with Gasteiger partial charge in [0.15, 0.2) is 0 Å². The Morgan fingerprint density at radius 1 is 1.19 bits per heavy atom. The molecule has 1 aliphatic rings. The Hall–Kier alpha value is -1.84. The van der Waals surface area contributed by atoms with Crippen molar-refractivity contribution in [2.45, 2.75) is 25.0 Å². The van der Waals surface area contributed by atoms with E-state index in [-0.39, 0.29) is 6.10 Å². The van der Waals surface area contributed by atoms with E-state index < -0.39 is 6.10 Å². The summed E-state index contributed by atoms with van der Waals surface area (Å²) >= 11 is 0. The van der Waals surface area contributed by atoms with Crippen LogP contribution in [0, 0.1) is 0 Å². The second kappa shape index (κ2) is 6.29. The number of hydrogen-bond acceptors (Lipinski definition) is 3. The maximum absolute atomic E-state index is 10.5. The first-order valence-corrected chi connectivity index (χ1v) is 7.28. The van der Waals surface area contributed by atoms with Crippen molar-refractivity contribution < 1.29 is 14.6 Å². The Balaban J connectivity index is 1.67. The van der Waals surface area contributed by atoms with E-state index in [4.69, 9.17) is 9.47 Å². The Morgan fingerprint density at radius 3 is 2.67 bits per heavy atom. The predicted octanol–water partition coefficient (Wildman–Crippen LogP) is 2.91. The van der Waals surface area contributed by atoms with Gasteiger partial charge in [0, 0.05) is 13.5 Å². The molecule has 0 aromatic heterocycles. The number of fused-ring (bicyclic) bond motifs is 1. The number of para-hydroxylation sites is 1. The van der Waals surface area contributed by atoms with Gasteiger partial charge in [-0.05, 0) is 29.2 Å². The van der Waals surface area contributed by atoms with E-state index in [1.807, 2.05) is 42.5 Å². The third-order valence-electron chi connectivity index (χ3n) is 3.94. The molecule has 1 heterocycles. The average Bonchev–Trinajstić information content (AvgIpc) is 2.96. The van der Waals surface area contributed by atoms with Crippen LogP contribution in [0.2, 0.25) is 0 Å². The summed E-state index contributed by atoms with van der Waals surface area (Å²) in [6.45, 7) is 0.711. The number of aliphatic hydroxyl groups is 1. The fraction of sp³-hybridized carbons (Fsp3) is 0.333. The molecule has 3 nitrogen and oxygen atoms in total. The monoisotopic (exact) mass is 284 g/mol. The molecule has 0 saturated carbocycles. The van der Waals surface area contributed by atoms with Crippen LogP contribution in [0.4, 0.5) is 0 Å². The SMILES string of the molecule is COCCc1ccc(C(O)C2Cc3ccccc3O2)cc1. The van der Waals surface area contributed by atoms with Gasteiger partial charge in [0.05, 0.1) is 6.61 Å². The summed E-state index contributed by atoms with van der Waals surface area (Å²) in [6, 6.07) is 16.0. The molecule has 0 amide bonds. The van der Waals surface area contributed by atoms with Crippen LogP contribution in [0.5, 0.6) is 5.75 Å². The maximum atomic E-state index is 10.5. The van der Waals surface area contributed by atoms with Gasteiger partial charge in [-0.25, -0.2) is 0 Å². The lowest BCUT2D eigenvalue weighted by Gasteiger charge is -2.18. The van der Waals surface area contributed by atoms with Gasteiger partial charge in [-0.1, -0.05) is 42.5 Å². The zero-order valence-electron chi connectivity index (χ0n) is 12.2. The lowest BCUT2D eigenvalue weighted by atomic mass is 9.99. The van der Waals surface area contributed by atoms with E-state index in [1.165, 1.54) is 11.1 Å². The van der Waals surface area contributed by atoms with E-state index in [1.54, 1.807) is 7.11 Å². The Morgan fingerprint density at radius 2 is 1.95 bits per heavy atom. The normalized spacial score (nSPS) is 18.1. The first kappa shape index (κ1) is 14.1. The van der Waals surface area contributed by atoms with Crippen molar-refractivity contribution in [2.24, 2.45) is 0 Å². The highest BCUT2D eigenvalue weighted by molar-refractivity contribution is 5.38. The van der Waals surface area contributed by atoms with Gasteiger partial charge in [-0.3, -0.25) is 0 Å². The van der Waals surface area contributed by atoms with E-state index in [0.29, 0.717) is 6.61 Å². The van der Waals surface area contributed by atoms with Crippen molar-refractivity contribution in [1.82, 2.24) is 0 Å². The summed E-state index contributed by atoms with van der Waals surface area (Å²) in [4.78, 5) is 0. The highest BCUT2D eigenvalue weighted by Crippen LogP contribution is 2.34. The molecule has 21 heavy (non-hydrogen) atoms. The molecule has 0 radical (unpaired) electrons. The number of aliphatic hydroxyl groups excluding tert-OH is 1. The topological polar surface area (TPSA) is 38.7 Å². The predicted molar refractivity (Wildman–Crippen MR) is 81.5 cm³/mol. The summed E-state index contributed by atoms with van der Waals surface area (Å²) < 4.78 is 10.9. The molecule has 0 saturated heterocycles. The van der Waals surface area contributed by atoms with Crippen molar-refractivity contribution >= 4 is 0 Å². The third kappa shape index (κ3) is 3.09. The molecular weight excluding hydrogens is 264 g/mol. The number of rotatable bonds is 5. The largest absolute Gasteiger partial charge is 0.487 e. The molecule has 0 bridgehead atoms. The van der Waals surface area contributed by atoms with Crippen LogP contribution in [0.25, 0.3) is 0 Å². The summed E-state index contributed by atoms with van der Waals surface area (Å²) in [7, 11) is 1.70. The highest BCUT2D eigenvalue weighted by Gasteiger charge is 2.29. The molecule has 0 aliphatic carbocycles. The van der Waals surface area contributed by atoms with Crippen molar-refractivity contribution in [3.05, 3.63) is 65.2 Å². The molecule has 2 aromatic rings. The molecule has 3 rings (SSSR count). The van der Waals surface area contributed by atoms with Crippen molar-refractivity contribution in [3.8, 4) is 5.75 Å². The summed E-state index contributed by atoms with van der Waals surface area (Å²) in [5.74, 6) is 0.887. The zero-order valence-corrected chi connectivity index (χ0v) is 12.2. The molecule has 0 spiro atoms. The van der Waals surface area contributed by atoms with Gasteiger partial charge in [0.25, 0.3) is 0 Å². The summed E-state index contributed by atoms with van der Waals surface area (Å²) in [5, 5.41) is 10.5. The van der Waals surface area contributed by atoms with Crippen LogP contribution < -0.4 is 4.74 Å². The molecule has 0 fully saturated rings. The number of methoxy groups -OCH3 is 1. The number of benzene rings is 2. The van der Waals surface area contributed by atoms with Crippen molar-refractivity contribution in [3.63, 3.8) is 0 Å². The smallest absolute Gasteiger partial charge is 0.133 e. The van der Waals surface area contributed by atoms with Gasteiger partial charge in [-0.2, -0.15) is 0 Å². The van der Waals surface area contributed by atoms with Gasteiger partial charge in [0.1, 0.15) is 18.0 Å². The van der Waals surface area contributed by atoms with Crippen LogP contribution in [0.1, 0.15) is 22.8 Å². The van der Waals surface area contributed by atoms with Crippen LogP contribution >= 0.6 is 0 Å². The lowest BCUT2D eigenvalue weighted by molar-refractivity contribution is 0.0492. The maximum Gasteiger partial charge on any atom is 0.133 e. The van der Waals surface area contributed by atoms with Gasteiger partial charge >= 0.3 is 0 Å². The van der Waals surface area contributed by atoms with Crippen LogP contribution in [-0.4, -0.2) is 24.9 Å². The van der Waals surface area contributed by atoms with Crippen LogP contribution in [0.15, 0.2) is 48.5 Å². The Bertz CT molecular complexity index is 567. The molecule has 2 unspecified atom stereocenters. The minimum atomic E-state index is -0.603. The van der Waals surface area contributed by atoms with E-state index >= 15 is 0 Å². The van der Waals surface area contributed by atoms with Crippen molar-refractivity contribution in [1.29, 1.82) is 0 Å². The molecule has 1 aliphatic heterocycles. The molecule has 2 aromatic carbocycles. The van der Waals surface area contributed by atoms with Gasteiger partial charge in [0.2, 0.25) is 0 Å². The van der Waals surface area contributed by atoms with Crippen molar-refractivity contribution in [2.75, 3.05) is 13.7 Å². The van der Waals surface area contributed by atoms with E-state index in [9.17, 15) is 5.11 Å². The first-order valence-electron chi connectivity index (χ1n) is 7.28. The molecule has 3 heteroatoms. The zero-order chi connectivity index (χ0) is 14.7. The third-order valence-corrected chi connectivity index (χ3v) is 3.94. The fourth-order valence-electron chi connectivity index (χ4n) is 2.70. The van der Waals surface area contributed by atoms with Crippen LogP contribution in [0.3, 0.4) is 0 Å². The number of hydrogen-bond donors (Lipinski definition) is 1. The van der Waals surface area contributed by atoms with Gasteiger partial charge < -0.3 is 14.6 Å². The minimum Gasteiger partial charge on any atom is -0.487 e. The fourth-order valence-corrected chi connectivity index (χ4v) is 2.70. The molecule has 110 valence electrons. The molecular formula is C18H20O3. The second-order valence-electron chi connectivity index (χ2n) is 5.40. The first-order chi connectivity index (χ1) is 10.3. The average molecular weight is 284 g/mol. The van der Waals surface area contributed by atoms with Gasteiger partial charge in [-0.15, -0.1) is 0 Å². The van der Waals surface area contributed by atoms with Crippen LogP contribution in [-0.2, 0) is 17.6 Å². The number of ether oxygens (including phenoxy) is 2. The van der Waals surface area contributed by atoms with E-state index in [2.05, 4.69) is 6.07 Å². The molecule has 1 N–H and O–H groups in total. The lowest BCUT2D eigenvalue weighted by Crippen LogP contribution is -2.23. The summed E-state index contributed by atoms with van der Waals surface area (Å²) in [5.41, 5.74) is 3.27. The second-order valence-corrected chi connectivity index (χ2v) is 5.40. The standard InChI is InChI=1S/C18H20O3/c1-20-11-10-13-6-8-14(9-7-13)18(19)17-12-15-4-2-3-5-16(15)21-17/h2-9,17-19H,10-12H2,1H3. The Labute approximate surface area is 125 Å². The minimum absolute atomic E-state index is 0.202. The quantitative estimate of drug-likeness (QED) is 0.917. The van der Waals surface area contributed by atoms with E-state index in [0.717, 1.165) is 24.2 Å². The summed E-state index contributed by atoms with van der Waals surface area (Å²) in [6.07, 6.45) is 0.835. The highest BCUT2D eigenvalue weighted by atomic mass is 16.5. The molecule has 2 atom stereocenters.